The molecule has 0 radical (unpaired) electrons. The lowest BCUT2D eigenvalue weighted by atomic mass is 10.2. The van der Waals surface area contributed by atoms with Crippen molar-refractivity contribution < 1.29 is 4.92 Å². The SMILES string of the molecule is CCN(CC(C)C)c1cc([N+](=O)[O-])cc(N)n1. The van der Waals surface area contributed by atoms with Crippen molar-refractivity contribution in [3.8, 4) is 0 Å². The molecule has 0 atom stereocenters. The lowest BCUT2D eigenvalue weighted by Gasteiger charge is -2.23. The van der Waals surface area contributed by atoms with Crippen LogP contribution in [0.15, 0.2) is 12.1 Å². The summed E-state index contributed by atoms with van der Waals surface area (Å²) in [5, 5.41) is 10.7. The smallest absolute Gasteiger partial charge is 0.276 e. The first-order chi connectivity index (χ1) is 7.93. The lowest BCUT2D eigenvalue weighted by molar-refractivity contribution is -0.384. The van der Waals surface area contributed by atoms with E-state index in [-0.39, 0.29) is 11.5 Å². The second-order valence-corrected chi connectivity index (χ2v) is 4.30. The van der Waals surface area contributed by atoms with Crippen LogP contribution in [0.1, 0.15) is 20.8 Å². The average Bonchev–Trinajstić information content (AvgIpc) is 2.24. The number of hydrogen-bond donors (Lipinski definition) is 1. The van der Waals surface area contributed by atoms with Gasteiger partial charge in [0.2, 0.25) is 0 Å². The molecule has 0 bridgehead atoms. The van der Waals surface area contributed by atoms with Crippen LogP contribution < -0.4 is 10.6 Å². The second-order valence-electron chi connectivity index (χ2n) is 4.30. The summed E-state index contributed by atoms with van der Waals surface area (Å²) in [7, 11) is 0. The Morgan fingerprint density at radius 1 is 1.53 bits per heavy atom. The van der Waals surface area contributed by atoms with Gasteiger partial charge in [0.1, 0.15) is 11.6 Å². The number of aromatic nitrogens is 1. The number of anilines is 2. The average molecular weight is 238 g/mol. The van der Waals surface area contributed by atoms with Gasteiger partial charge in [0.15, 0.2) is 0 Å². The Morgan fingerprint density at radius 3 is 2.65 bits per heavy atom. The molecule has 6 nitrogen and oxygen atoms in total. The molecule has 0 spiro atoms. The minimum atomic E-state index is -0.454. The monoisotopic (exact) mass is 238 g/mol. The van der Waals surface area contributed by atoms with Gasteiger partial charge in [-0.3, -0.25) is 10.1 Å². The van der Waals surface area contributed by atoms with E-state index in [1.54, 1.807) is 0 Å². The highest BCUT2D eigenvalue weighted by Gasteiger charge is 2.14. The van der Waals surface area contributed by atoms with E-state index in [0.29, 0.717) is 11.7 Å². The zero-order chi connectivity index (χ0) is 13.0. The van der Waals surface area contributed by atoms with Gasteiger partial charge in [0, 0.05) is 13.1 Å². The number of nitrogen functional groups attached to an aromatic ring is 1. The van der Waals surface area contributed by atoms with Crippen LogP contribution in [0, 0.1) is 16.0 Å². The zero-order valence-corrected chi connectivity index (χ0v) is 10.4. The summed E-state index contributed by atoms with van der Waals surface area (Å²) >= 11 is 0. The molecule has 6 heteroatoms. The minimum absolute atomic E-state index is 0.0188. The topological polar surface area (TPSA) is 85.3 Å². The Morgan fingerprint density at radius 2 is 2.18 bits per heavy atom. The molecule has 0 saturated carbocycles. The van der Waals surface area contributed by atoms with Crippen LogP contribution in [0.5, 0.6) is 0 Å². The Kier molecular flexibility index (Phi) is 4.25. The van der Waals surface area contributed by atoms with Gasteiger partial charge < -0.3 is 10.6 Å². The molecule has 1 aromatic heterocycles. The molecule has 94 valence electrons. The maximum Gasteiger partial charge on any atom is 0.276 e. The molecule has 0 aliphatic carbocycles. The second kappa shape index (κ2) is 5.47. The van der Waals surface area contributed by atoms with Gasteiger partial charge in [-0.15, -0.1) is 0 Å². The normalized spacial score (nSPS) is 10.6. The predicted molar refractivity (Wildman–Crippen MR) is 68.0 cm³/mol. The highest BCUT2D eigenvalue weighted by molar-refractivity contribution is 5.54. The highest BCUT2D eigenvalue weighted by atomic mass is 16.6. The molecule has 0 aromatic carbocycles. The van der Waals surface area contributed by atoms with Crippen molar-refractivity contribution >= 4 is 17.3 Å². The van der Waals surface area contributed by atoms with Gasteiger partial charge in [-0.1, -0.05) is 13.8 Å². The molecule has 1 aromatic rings. The number of nitro groups is 1. The third kappa shape index (κ3) is 3.58. The van der Waals surface area contributed by atoms with Gasteiger partial charge in [-0.2, -0.15) is 0 Å². The molecule has 0 fully saturated rings. The molecule has 0 unspecified atom stereocenters. The maximum absolute atomic E-state index is 10.7. The largest absolute Gasteiger partial charge is 0.383 e. The van der Waals surface area contributed by atoms with Crippen molar-refractivity contribution in [1.29, 1.82) is 0 Å². The Balaban J connectivity index is 3.06. The molecule has 17 heavy (non-hydrogen) atoms. The van der Waals surface area contributed by atoms with E-state index in [0.717, 1.165) is 13.1 Å². The fourth-order valence-electron chi connectivity index (χ4n) is 1.62. The molecular weight excluding hydrogens is 220 g/mol. The Hall–Kier alpha value is -1.85. The summed E-state index contributed by atoms with van der Waals surface area (Å²) in [5.41, 5.74) is 5.56. The van der Waals surface area contributed by atoms with Crippen molar-refractivity contribution in [2.24, 2.45) is 5.92 Å². The quantitative estimate of drug-likeness (QED) is 0.626. The summed E-state index contributed by atoms with van der Waals surface area (Å²) in [6, 6.07) is 2.73. The Labute approximate surface area is 101 Å². The van der Waals surface area contributed by atoms with Crippen LogP contribution in [-0.2, 0) is 0 Å². The molecule has 0 aliphatic rings. The fourth-order valence-corrected chi connectivity index (χ4v) is 1.62. The van der Waals surface area contributed by atoms with Crippen LogP contribution in [0.4, 0.5) is 17.3 Å². The summed E-state index contributed by atoms with van der Waals surface area (Å²) in [6.45, 7) is 7.70. The molecule has 2 N–H and O–H groups in total. The summed E-state index contributed by atoms with van der Waals surface area (Å²) < 4.78 is 0. The summed E-state index contributed by atoms with van der Waals surface area (Å²) in [6.07, 6.45) is 0. The van der Waals surface area contributed by atoms with Gasteiger partial charge in [0.25, 0.3) is 5.69 Å². The van der Waals surface area contributed by atoms with Gasteiger partial charge in [0.05, 0.1) is 17.1 Å². The van der Waals surface area contributed by atoms with Gasteiger partial charge >= 0.3 is 0 Å². The van der Waals surface area contributed by atoms with Gasteiger partial charge in [-0.05, 0) is 12.8 Å². The molecule has 0 amide bonds. The van der Waals surface area contributed by atoms with Crippen molar-refractivity contribution in [3.05, 3.63) is 22.2 Å². The third-order valence-electron chi connectivity index (χ3n) is 2.32. The number of pyridine rings is 1. The molecule has 1 heterocycles. The zero-order valence-electron chi connectivity index (χ0n) is 10.4. The standard InChI is InChI=1S/C11H18N4O2/c1-4-14(7-8(2)3)11-6-9(15(16)17)5-10(12)13-11/h5-6,8H,4,7H2,1-3H3,(H2,12,13). The van der Waals surface area contributed by atoms with Crippen LogP contribution in [-0.4, -0.2) is 23.0 Å². The highest BCUT2D eigenvalue weighted by Crippen LogP contribution is 2.22. The molecule has 0 aliphatic heterocycles. The van der Waals surface area contributed by atoms with E-state index in [1.165, 1.54) is 12.1 Å². The summed E-state index contributed by atoms with van der Waals surface area (Å²) in [4.78, 5) is 16.4. The molecule has 0 saturated heterocycles. The number of nitrogens with two attached hydrogens (primary N) is 1. The summed E-state index contributed by atoms with van der Waals surface area (Å²) in [5.74, 6) is 1.20. The molecule has 1 rings (SSSR count). The van der Waals surface area contributed by atoms with E-state index in [2.05, 4.69) is 18.8 Å². The minimum Gasteiger partial charge on any atom is -0.383 e. The number of hydrogen-bond acceptors (Lipinski definition) is 5. The third-order valence-corrected chi connectivity index (χ3v) is 2.32. The lowest BCUT2D eigenvalue weighted by Crippen LogP contribution is -2.28. The molecular formula is C11H18N4O2. The van der Waals surface area contributed by atoms with E-state index in [1.807, 2.05) is 11.8 Å². The fraction of sp³-hybridized carbons (Fsp3) is 0.545. The first kappa shape index (κ1) is 13.2. The van der Waals surface area contributed by atoms with E-state index < -0.39 is 4.92 Å². The van der Waals surface area contributed by atoms with Crippen molar-refractivity contribution in [2.45, 2.75) is 20.8 Å². The van der Waals surface area contributed by atoms with E-state index >= 15 is 0 Å². The maximum atomic E-state index is 10.7. The van der Waals surface area contributed by atoms with Crippen molar-refractivity contribution in [1.82, 2.24) is 4.98 Å². The van der Waals surface area contributed by atoms with E-state index in [9.17, 15) is 10.1 Å². The van der Waals surface area contributed by atoms with Crippen LogP contribution >= 0.6 is 0 Å². The van der Waals surface area contributed by atoms with Crippen LogP contribution in [0.2, 0.25) is 0 Å². The van der Waals surface area contributed by atoms with Crippen LogP contribution in [0.3, 0.4) is 0 Å². The first-order valence-electron chi connectivity index (χ1n) is 5.61. The van der Waals surface area contributed by atoms with Crippen molar-refractivity contribution in [3.63, 3.8) is 0 Å². The first-order valence-corrected chi connectivity index (χ1v) is 5.61. The predicted octanol–water partition coefficient (Wildman–Crippen LogP) is 2.05. The van der Waals surface area contributed by atoms with Crippen LogP contribution in [0.25, 0.3) is 0 Å². The number of rotatable bonds is 5. The Bertz CT molecular complexity index is 406. The van der Waals surface area contributed by atoms with Crippen molar-refractivity contribution in [2.75, 3.05) is 23.7 Å². The number of nitrogens with zero attached hydrogens (tertiary/aromatic N) is 3. The van der Waals surface area contributed by atoms with E-state index in [4.69, 9.17) is 5.73 Å². The van der Waals surface area contributed by atoms with Gasteiger partial charge in [-0.25, -0.2) is 4.98 Å².